The van der Waals surface area contributed by atoms with E-state index in [4.69, 9.17) is 0 Å². The quantitative estimate of drug-likeness (QED) is 0.816. The molecular formula is C12H22N4. The van der Waals surface area contributed by atoms with E-state index in [0.717, 1.165) is 31.2 Å². The molecule has 0 amide bonds. The smallest absolute Gasteiger partial charge is 0.158 e. The maximum absolute atomic E-state index is 4.64. The second kappa shape index (κ2) is 4.95. The summed E-state index contributed by atoms with van der Waals surface area (Å²) in [5.41, 5.74) is 0.178. The third-order valence-corrected chi connectivity index (χ3v) is 3.54. The molecule has 1 aliphatic rings. The number of H-pyrrole nitrogens is 1. The number of aryl methyl sites for hydroxylation is 1. The highest BCUT2D eigenvalue weighted by atomic mass is 15.2. The SMILES string of the molecule is CCCC1(c2n[nH]c(CC)n2)CCCNC1. The van der Waals surface area contributed by atoms with E-state index in [9.17, 15) is 0 Å². The van der Waals surface area contributed by atoms with Crippen LogP contribution >= 0.6 is 0 Å². The fourth-order valence-electron chi connectivity index (χ4n) is 2.65. The van der Waals surface area contributed by atoms with Crippen LogP contribution in [0.4, 0.5) is 0 Å². The topological polar surface area (TPSA) is 53.6 Å². The minimum absolute atomic E-state index is 0.178. The molecular weight excluding hydrogens is 200 g/mol. The molecule has 0 aliphatic carbocycles. The van der Waals surface area contributed by atoms with Gasteiger partial charge in [-0.15, -0.1) is 0 Å². The summed E-state index contributed by atoms with van der Waals surface area (Å²) in [5.74, 6) is 2.04. The van der Waals surface area contributed by atoms with Gasteiger partial charge in [0.15, 0.2) is 5.82 Å². The van der Waals surface area contributed by atoms with E-state index in [1.807, 2.05) is 0 Å². The second-order valence-electron chi connectivity index (χ2n) is 4.77. The van der Waals surface area contributed by atoms with Crippen molar-refractivity contribution < 1.29 is 0 Å². The average molecular weight is 222 g/mol. The highest BCUT2D eigenvalue weighted by molar-refractivity contribution is 5.11. The zero-order chi connectivity index (χ0) is 11.4. The molecule has 90 valence electrons. The van der Waals surface area contributed by atoms with Crippen molar-refractivity contribution in [3.63, 3.8) is 0 Å². The Morgan fingerprint density at radius 2 is 2.25 bits per heavy atom. The molecule has 1 saturated heterocycles. The van der Waals surface area contributed by atoms with Gasteiger partial charge in [0, 0.05) is 18.4 Å². The van der Waals surface area contributed by atoms with E-state index in [1.54, 1.807) is 0 Å². The van der Waals surface area contributed by atoms with E-state index < -0.39 is 0 Å². The van der Waals surface area contributed by atoms with Crippen molar-refractivity contribution in [2.24, 2.45) is 0 Å². The van der Waals surface area contributed by atoms with Crippen LogP contribution in [-0.2, 0) is 11.8 Å². The van der Waals surface area contributed by atoms with Crippen LogP contribution < -0.4 is 5.32 Å². The lowest BCUT2D eigenvalue weighted by atomic mass is 9.76. The van der Waals surface area contributed by atoms with Gasteiger partial charge in [-0.2, -0.15) is 5.10 Å². The highest BCUT2D eigenvalue weighted by Gasteiger charge is 2.36. The normalized spacial score (nSPS) is 25.9. The number of nitrogens with zero attached hydrogens (tertiary/aromatic N) is 2. The van der Waals surface area contributed by atoms with Crippen molar-refractivity contribution in [3.8, 4) is 0 Å². The van der Waals surface area contributed by atoms with Gasteiger partial charge in [0.05, 0.1) is 0 Å². The van der Waals surface area contributed by atoms with E-state index >= 15 is 0 Å². The standard InChI is InChI=1S/C12H22N4/c1-3-6-12(7-5-8-13-9-12)11-14-10(4-2)15-16-11/h13H,3-9H2,1-2H3,(H,14,15,16). The Hall–Kier alpha value is -0.900. The molecule has 0 bridgehead atoms. The number of hydrogen-bond acceptors (Lipinski definition) is 3. The first-order valence-electron chi connectivity index (χ1n) is 6.43. The Morgan fingerprint density at radius 1 is 1.38 bits per heavy atom. The third-order valence-electron chi connectivity index (χ3n) is 3.54. The lowest BCUT2D eigenvalue weighted by molar-refractivity contribution is 0.276. The maximum atomic E-state index is 4.64. The zero-order valence-corrected chi connectivity index (χ0v) is 10.3. The molecule has 0 aromatic carbocycles. The van der Waals surface area contributed by atoms with Crippen LogP contribution in [0.2, 0.25) is 0 Å². The number of rotatable bonds is 4. The summed E-state index contributed by atoms with van der Waals surface area (Å²) in [6, 6.07) is 0. The van der Waals surface area contributed by atoms with E-state index in [1.165, 1.54) is 25.7 Å². The molecule has 2 heterocycles. The Labute approximate surface area is 97.2 Å². The molecule has 4 nitrogen and oxygen atoms in total. The van der Waals surface area contributed by atoms with Crippen LogP contribution in [0.15, 0.2) is 0 Å². The van der Waals surface area contributed by atoms with E-state index in [2.05, 4.69) is 34.3 Å². The minimum atomic E-state index is 0.178. The van der Waals surface area contributed by atoms with E-state index in [0.29, 0.717) is 0 Å². The summed E-state index contributed by atoms with van der Waals surface area (Å²) in [5, 5.41) is 11.0. The van der Waals surface area contributed by atoms with Gasteiger partial charge in [0.1, 0.15) is 5.82 Å². The first kappa shape index (κ1) is 11.6. The maximum Gasteiger partial charge on any atom is 0.158 e. The van der Waals surface area contributed by atoms with Crippen LogP contribution in [0.5, 0.6) is 0 Å². The lowest BCUT2D eigenvalue weighted by Crippen LogP contribution is -2.44. The molecule has 0 spiro atoms. The molecule has 1 aliphatic heterocycles. The Balaban J connectivity index is 2.23. The van der Waals surface area contributed by atoms with Gasteiger partial charge < -0.3 is 5.32 Å². The third kappa shape index (κ3) is 2.12. The highest BCUT2D eigenvalue weighted by Crippen LogP contribution is 2.33. The second-order valence-corrected chi connectivity index (χ2v) is 4.77. The summed E-state index contributed by atoms with van der Waals surface area (Å²) < 4.78 is 0. The molecule has 1 unspecified atom stereocenters. The van der Waals surface area contributed by atoms with Gasteiger partial charge in [-0.3, -0.25) is 5.10 Å². The summed E-state index contributed by atoms with van der Waals surface area (Å²) in [4.78, 5) is 4.64. The zero-order valence-electron chi connectivity index (χ0n) is 10.3. The van der Waals surface area contributed by atoms with Gasteiger partial charge in [-0.25, -0.2) is 4.98 Å². The van der Waals surface area contributed by atoms with Gasteiger partial charge in [-0.1, -0.05) is 20.3 Å². The predicted molar refractivity (Wildman–Crippen MR) is 64.5 cm³/mol. The number of aromatic amines is 1. The first-order valence-corrected chi connectivity index (χ1v) is 6.43. The van der Waals surface area contributed by atoms with Crippen LogP contribution in [0.25, 0.3) is 0 Å². The van der Waals surface area contributed by atoms with E-state index in [-0.39, 0.29) is 5.41 Å². The van der Waals surface area contributed by atoms with Crippen molar-refractivity contribution in [1.29, 1.82) is 0 Å². The van der Waals surface area contributed by atoms with Gasteiger partial charge in [0.25, 0.3) is 0 Å². The predicted octanol–water partition coefficient (Wildman–Crippen LogP) is 1.79. The monoisotopic (exact) mass is 222 g/mol. The van der Waals surface area contributed by atoms with Crippen LogP contribution in [0.3, 0.4) is 0 Å². The molecule has 1 fully saturated rings. The van der Waals surface area contributed by atoms with Crippen molar-refractivity contribution in [2.45, 2.75) is 51.4 Å². The molecule has 1 aromatic heterocycles. The molecule has 16 heavy (non-hydrogen) atoms. The van der Waals surface area contributed by atoms with Crippen molar-refractivity contribution >= 4 is 0 Å². The molecule has 0 saturated carbocycles. The molecule has 2 N–H and O–H groups in total. The van der Waals surface area contributed by atoms with Gasteiger partial charge in [0.2, 0.25) is 0 Å². The van der Waals surface area contributed by atoms with Crippen molar-refractivity contribution in [1.82, 2.24) is 20.5 Å². The lowest BCUT2D eigenvalue weighted by Gasteiger charge is -2.35. The largest absolute Gasteiger partial charge is 0.316 e. The van der Waals surface area contributed by atoms with Gasteiger partial charge in [-0.05, 0) is 25.8 Å². The van der Waals surface area contributed by atoms with Crippen LogP contribution in [0, 0.1) is 0 Å². The fourth-order valence-corrected chi connectivity index (χ4v) is 2.65. The number of piperidine rings is 1. The summed E-state index contributed by atoms with van der Waals surface area (Å²) >= 11 is 0. The summed E-state index contributed by atoms with van der Waals surface area (Å²) in [7, 11) is 0. The molecule has 4 heteroatoms. The molecule has 1 aromatic rings. The summed E-state index contributed by atoms with van der Waals surface area (Å²) in [6.45, 7) is 6.51. The molecule has 0 radical (unpaired) electrons. The number of nitrogens with one attached hydrogen (secondary N) is 2. The van der Waals surface area contributed by atoms with Crippen LogP contribution in [0.1, 0.15) is 51.2 Å². The summed E-state index contributed by atoms with van der Waals surface area (Å²) in [6.07, 6.45) is 5.76. The average Bonchev–Trinajstić information content (AvgIpc) is 2.80. The molecule has 1 atom stereocenters. The number of hydrogen-bond donors (Lipinski definition) is 2. The van der Waals surface area contributed by atoms with Gasteiger partial charge >= 0.3 is 0 Å². The first-order chi connectivity index (χ1) is 7.80. The van der Waals surface area contributed by atoms with Crippen molar-refractivity contribution in [2.75, 3.05) is 13.1 Å². The number of aromatic nitrogens is 3. The van der Waals surface area contributed by atoms with Crippen LogP contribution in [-0.4, -0.2) is 28.3 Å². The Bertz CT molecular complexity index is 320. The fraction of sp³-hybridized carbons (Fsp3) is 0.833. The van der Waals surface area contributed by atoms with Crippen molar-refractivity contribution in [3.05, 3.63) is 11.6 Å². The molecule has 2 rings (SSSR count). The Morgan fingerprint density at radius 3 is 2.81 bits per heavy atom. The Kier molecular flexibility index (Phi) is 3.59. The minimum Gasteiger partial charge on any atom is -0.316 e.